The van der Waals surface area contributed by atoms with Crippen LogP contribution in [0.4, 0.5) is 19.0 Å². The van der Waals surface area contributed by atoms with Crippen molar-refractivity contribution >= 4 is 11.8 Å². The predicted octanol–water partition coefficient (Wildman–Crippen LogP) is 3.38. The van der Waals surface area contributed by atoms with E-state index in [-0.39, 0.29) is 11.5 Å². The Balaban J connectivity index is 2.25. The number of carboxylic acid groups (broad SMARTS) is 1. The van der Waals surface area contributed by atoms with Crippen LogP contribution < -0.4 is 5.32 Å². The SMILES string of the molecule is COCCC(Nc1cnc(C(=O)O)cn1)c1cccc(C(F)(F)F)c1. The van der Waals surface area contributed by atoms with Gasteiger partial charge in [-0.1, -0.05) is 12.1 Å². The van der Waals surface area contributed by atoms with E-state index in [2.05, 4.69) is 15.3 Å². The van der Waals surface area contributed by atoms with E-state index in [1.807, 2.05) is 0 Å². The van der Waals surface area contributed by atoms with Crippen molar-refractivity contribution in [1.82, 2.24) is 9.97 Å². The van der Waals surface area contributed by atoms with Crippen LogP contribution in [0.3, 0.4) is 0 Å². The first kappa shape index (κ1) is 18.7. The zero-order valence-corrected chi connectivity index (χ0v) is 13.2. The molecule has 2 N–H and O–H groups in total. The molecule has 0 saturated heterocycles. The Morgan fingerprint density at radius 2 is 2.08 bits per heavy atom. The first-order valence-corrected chi connectivity index (χ1v) is 7.29. The lowest BCUT2D eigenvalue weighted by Crippen LogP contribution is -2.16. The molecule has 25 heavy (non-hydrogen) atoms. The third-order valence-corrected chi connectivity index (χ3v) is 3.42. The number of halogens is 3. The first-order chi connectivity index (χ1) is 11.8. The molecule has 0 aliphatic carbocycles. The Kier molecular flexibility index (Phi) is 5.92. The quantitative estimate of drug-likeness (QED) is 0.792. The number of nitrogens with one attached hydrogen (secondary N) is 1. The van der Waals surface area contributed by atoms with Crippen LogP contribution in [-0.4, -0.2) is 34.8 Å². The molecule has 0 fully saturated rings. The highest BCUT2D eigenvalue weighted by atomic mass is 19.4. The molecule has 0 bridgehead atoms. The molecule has 6 nitrogen and oxygen atoms in total. The summed E-state index contributed by atoms with van der Waals surface area (Å²) in [6.45, 7) is 0.314. The number of carboxylic acids is 1. The van der Waals surface area contributed by atoms with Gasteiger partial charge in [0.15, 0.2) is 5.69 Å². The van der Waals surface area contributed by atoms with Crippen molar-refractivity contribution in [3.63, 3.8) is 0 Å². The highest BCUT2D eigenvalue weighted by Crippen LogP contribution is 2.32. The van der Waals surface area contributed by atoms with E-state index >= 15 is 0 Å². The van der Waals surface area contributed by atoms with Gasteiger partial charge < -0.3 is 15.2 Å². The smallest absolute Gasteiger partial charge is 0.416 e. The summed E-state index contributed by atoms with van der Waals surface area (Å²) < 4.78 is 43.7. The number of aromatic carboxylic acids is 1. The van der Waals surface area contributed by atoms with E-state index in [1.54, 1.807) is 6.07 Å². The van der Waals surface area contributed by atoms with Gasteiger partial charge in [-0.3, -0.25) is 0 Å². The Labute approximate surface area is 141 Å². The van der Waals surface area contributed by atoms with Gasteiger partial charge in [0.1, 0.15) is 5.82 Å². The first-order valence-electron chi connectivity index (χ1n) is 7.29. The standard InChI is InChI=1S/C16H16F3N3O3/c1-25-6-5-12(10-3-2-4-11(7-10)16(17,18)19)22-14-9-20-13(8-21-14)15(23)24/h2-4,7-9,12H,5-6H2,1H3,(H,21,22)(H,23,24). The minimum absolute atomic E-state index is 0.224. The normalized spacial score (nSPS) is 12.6. The number of hydrogen-bond donors (Lipinski definition) is 2. The van der Waals surface area contributed by atoms with Crippen LogP contribution >= 0.6 is 0 Å². The highest BCUT2D eigenvalue weighted by Gasteiger charge is 2.31. The fourth-order valence-corrected chi connectivity index (χ4v) is 2.18. The maximum absolute atomic E-state index is 12.9. The Hall–Kier alpha value is -2.68. The van der Waals surface area contributed by atoms with Gasteiger partial charge in [-0.25, -0.2) is 14.8 Å². The third-order valence-electron chi connectivity index (χ3n) is 3.42. The number of benzene rings is 1. The molecule has 0 aliphatic heterocycles. The fourth-order valence-electron chi connectivity index (χ4n) is 2.18. The molecule has 2 rings (SSSR count). The van der Waals surface area contributed by atoms with Crippen LogP contribution in [0.5, 0.6) is 0 Å². The van der Waals surface area contributed by atoms with E-state index in [1.165, 1.54) is 19.4 Å². The number of aromatic nitrogens is 2. The molecule has 1 atom stereocenters. The van der Waals surface area contributed by atoms with E-state index < -0.39 is 23.8 Å². The molecule has 0 aliphatic rings. The van der Waals surface area contributed by atoms with Gasteiger partial charge in [0.2, 0.25) is 0 Å². The number of methoxy groups -OCH3 is 1. The van der Waals surface area contributed by atoms with E-state index in [0.29, 0.717) is 18.6 Å². The maximum Gasteiger partial charge on any atom is 0.416 e. The van der Waals surface area contributed by atoms with E-state index in [9.17, 15) is 18.0 Å². The molecule has 2 aromatic rings. The number of nitrogens with zero attached hydrogens (tertiary/aromatic N) is 2. The Morgan fingerprint density at radius 1 is 1.32 bits per heavy atom. The minimum Gasteiger partial charge on any atom is -0.476 e. The largest absolute Gasteiger partial charge is 0.476 e. The van der Waals surface area contributed by atoms with Gasteiger partial charge in [0.25, 0.3) is 0 Å². The van der Waals surface area contributed by atoms with Crippen LogP contribution in [0.25, 0.3) is 0 Å². The number of alkyl halides is 3. The van der Waals surface area contributed by atoms with Gasteiger partial charge in [-0.2, -0.15) is 13.2 Å². The Morgan fingerprint density at radius 3 is 2.64 bits per heavy atom. The average Bonchev–Trinajstić information content (AvgIpc) is 2.58. The molecule has 1 aromatic heterocycles. The molecule has 0 amide bonds. The topological polar surface area (TPSA) is 84.3 Å². The molecule has 1 heterocycles. The van der Waals surface area contributed by atoms with Gasteiger partial charge in [0.05, 0.1) is 24.0 Å². The van der Waals surface area contributed by atoms with Crippen molar-refractivity contribution in [2.24, 2.45) is 0 Å². The molecular weight excluding hydrogens is 339 g/mol. The monoisotopic (exact) mass is 355 g/mol. The second-order valence-electron chi connectivity index (χ2n) is 5.19. The zero-order valence-electron chi connectivity index (χ0n) is 13.2. The molecule has 0 saturated carbocycles. The number of hydrogen-bond acceptors (Lipinski definition) is 5. The lowest BCUT2D eigenvalue weighted by molar-refractivity contribution is -0.137. The van der Waals surface area contributed by atoms with Crippen molar-refractivity contribution in [2.75, 3.05) is 19.0 Å². The fraction of sp³-hybridized carbons (Fsp3) is 0.312. The summed E-state index contributed by atoms with van der Waals surface area (Å²) in [5, 5.41) is 11.8. The summed E-state index contributed by atoms with van der Waals surface area (Å²) in [4.78, 5) is 18.4. The van der Waals surface area contributed by atoms with Crippen LogP contribution in [0, 0.1) is 0 Å². The van der Waals surface area contributed by atoms with Crippen molar-refractivity contribution in [3.8, 4) is 0 Å². The van der Waals surface area contributed by atoms with Crippen LogP contribution in [0.2, 0.25) is 0 Å². The highest BCUT2D eigenvalue weighted by molar-refractivity contribution is 5.84. The van der Waals surface area contributed by atoms with Crippen molar-refractivity contribution in [2.45, 2.75) is 18.6 Å². The Bertz CT molecular complexity index is 721. The number of carbonyl (C=O) groups is 1. The van der Waals surface area contributed by atoms with Crippen molar-refractivity contribution in [3.05, 3.63) is 53.5 Å². The lowest BCUT2D eigenvalue weighted by Gasteiger charge is -2.20. The number of ether oxygens (including phenoxy) is 1. The van der Waals surface area contributed by atoms with Gasteiger partial charge in [-0.05, 0) is 24.1 Å². The summed E-state index contributed by atoms with van der Waals surface area (Å²) in [5.74, 6) is -0.962. The summed E-state index contributed by atoms with van der Waals surface area (Å²) in [6.07, 6.45) is -1.76. The molecule has 1 aromatic carbocycles. The number of anilines is 1. The zero-order chi connectivity index (χ0) is 18.4. The number of rotatable bonds is 7. The van der Waals surface area contributed by atoms with E-state index in [0.717, 1.165) is 18.3 Å². The van der Waals surface area contributed by atoms with Gasteiger partial charge in [-0.15, -0.1) is 0 Å². The van der Waals surface area contributed by atoms with E-state index in [4.69, 9.17) is 9.84 Å². The second-order valence-corrected chi connectivity index (χ2v) is 5.19. The predicted molar refractivity (Wildman–Crippen MR) is 83.3 cm³/mol. The summed E-state index contributed by atoms with van der Waals surface area (Å²) >= 11 is 0. The second kappa shape index (κ2) is 7.93. The van der Waals surface area contributed by atoms with Crippen LogP contribution in [0.15, 0.2) is 36.7 Å². The van der Waals surface area contributed by atoms with Crippen molar-refractivity contribution < 1.29 is 27.8 Å². The van der Waals surface area contributed by atoms with Gasteiger partial charge >= 0.3 is 12.1 Å². The molecule has 134 valence electrons. The molecule has 9 heteroatoms. The summed E-state index contributed by atoms with van der Waals surface area (Å²) in [6, 6.07) is 4.46. The van der Waals surface area contributed by atoms with Crippen molar-refractivity contribution in [1.29, 1.82) is 0 Å². The van der Waals surface area contributed by atoms with Crippen LogP contribution in [-0.2, 0) is 10.9 Å². The van der Waals surface area contributed by atoms with Gasteiger partial charge in [0, 0.05) is 13.7 Å². The molecule has 1 unspecified atom stereocenters. The van der Waals surface area contributed by atoms with Crippen LogP contribution in [0.1, 0.15) is 34.1 Å². The molecule has 0 spiro atoms. The average molecular weight is 355 g/mol. The summed E-state index contributed by atoms with van der Waals surface area (Å²) in [5.41, 5.74) is -0.560. The maximum atomic E-state index is 12.9. The minimum atomic E-state index is -4.44. The molecular formula is C16H16F3N3O3. The molecule has 0 radical (unpaired) electrons. The summed E-state index contributed by atoms with van der Waals surface area (Å²) in [7, 11) is 1.49. The lowest BCUT2D eigenvalue weighted by atomic mass is 10.0. The third kappa shape index (κ3) is 5.15.